The lowest BCUT2D eigenvalue weighted by atomic mass is 9.59. The number of ether oxygens (including phenoxy) is 2. The van der Waals surface area contributed by atoms with Gasteiger partial charge < -0.3 is 35.1 Å². The van der Waals surface area contributed by atoms with Crippen molar-refractivity contribution in [3.8, 4) is 17.2 Å². The van der Waals surface area contributed by atoms with Gasteiger partial charge in [0, 0.05) is 66.6 Å². The van der Waals surface area contributed by atoms with Gasteiger partial charge in [0.15, 0.2) is 23.0 Å². The minimum atomic E-state index is -4.74. The summed E-state index contributed by atoms with van der Waals surface area (Å²) in [5.74, 6) is -0.499. The number of piperidine rings is 1. The maximum atomic E-state index is 14.4. The molecule has 5 N–H and O–H groups in total. The summed E-state index contributed by atoms with van der Waals surface area (Å²) in [5, 5.41) is 29.8. The van der Waals surface area contributed by atoms with Crippen molar-refractivity contribution in [1.82, 2.24) is 19.6 Å². The molecule has 18 heteroatoms. The first-order chi connectivity index (χ1) is 34.5. The molecule has 0 radical (unpaired) electrons. The predicted molar refractivity (Wildman–Crippen MR) is 273 cm³/mol. The number of pyridine rings is 1. The van der Waals surface area contributed by atoms with Crippen LogP contribution in [0.15, 0.2) is 77.8 Å². The van der Waals surface area contributed by atoms with Gasteiger partial charge in [-0.05, 0) is 143 Å². The Hall–Kier alpha value is -6.24. The van der Waals surface area contributed by atoms with Crippen LogP contribution in [0.2, 0.25) is 0 Å². The number of fused-ring (bicyclic) bond motifs is 2. The number of rotatable bonds is 13. The van der Waals surface area contributed by atoms with Crippen LogP contribution >= 0.6 is 0 Å². The number of anilines is 3. The number of hydrogen-bond donors (Lipinski definition) is 5. The van der Waals surface area contributed by atoms with Gasteiger partial charge in [0.2, 0.25) is 5.91 Å². The molecule has 3 aliphatic heterocycles. The topological polar surface area (TPSA) is 221 Å². The highest BCUT2D eigenvalue weighted by Crippen LogP contribution is 2.55. The molecule has 3 aromatic carbocycles. The highest BCUT2D eigenvalue weighted by atomic mass is 32.2. The SMILES string of the molecule is CC(C)c1ccccc1[C@H]1CCCN1C1CC2(CCN(c3ccc(C(=O)NS(=O)(=O)c4cc5c(c([N+](=O)[O-])c4)N[C@@H](C4CCC(C)(O)CC4)CO5)c(Oc4cc5cc[nH]c5nc4NC(=O)C4CC4)c3)CC2)C1. The maximum absolute atomic E-state index is 14.4. The van der Waals surface area contributed by atoms with Crippen LogP contribution in [0.5, 0.6) is 17.2 Å². The number of H-pyrrole nitrogens is 1. The summed E-state index contributed by atoms with van der Waals surface area (Å²) >= 11 is 0. The Morgan fingerprint density at radius 1 is 0.958 bits per heavy atom. The zero-order valence-corrected chi connectivity index (χ0v) is 41.9. The second kappa shape index (κ2) is 18.7. The van der Waals surface area contributed by atoms with Crippen molar-refractivity contribution in [2.75, 3.05) is 41.8 Å². The molecule has 0 bridgehead atoms. The Balaban J connectivity index is 0.843. The molecular formula is C54H64N8O9S. The molecule has 5 fully saturated rings. The van der Waals surface area contributed by atoms with Crippen molar-refractivity contribution in [1.29, 1.82) is 0 Å². The first-order valence-corrected chi connectivity index (χ1v) is 27.2. The van der Waals surface area contributed by atoms with Gasteiger partial charge in [0.05, 0.1) is 27.0 Å². The van der Waals surface area contributed by atoms with Crippen LogP contribution in [0, 0.1) is 27.4 Å². The van der Waals surface area contributed by atoms with Gasteiger partial charge in [0.1, 0.15) is 18.0 Å². The fourth-order valence-corrected chi connectivity index (χ4v) is 13.2. The molecule has 2 amide bonds. The molecule has 3 aliphatic carbocycles. The predicted octanol–water partition coefficient (Wildman–Crippen LogP) is 9.55. The van der Waals surface area contributed by atoms with Crippen molar-refractivity contribution < 1.29 is 37.5 Å². The molecule has 5 aromatic rings. The second-order valence-electron chi connectivity index (χ2n) is 21.9. The summed E-state index contributed by atoms with van der Waals surface area (Å²) in [6, 6.07) is 20.3. The molecule has 5 heterocycles. The van der Waals surface area contributed by atoms with Crippen molar-refractivity contribution in [2.45, 2.75) is 132 Å². The molecule has 17 nitrogen and oxygen atoms in total. The number of carbonyl (C=O) groups excluding carboxylic acids is 2. The third-order valence-electron chi connectivity index (χ3n) is 16.6. The van der Waals surface area contributed by atoms with Crippen molar-refractivity contribution >= 4 is 55.8 Å². The lowest BCUT2D eigenvalue weighted by molar-refractivity contribution is -0.384. The molecule has 2 atom stereocenters. The molecule has 1 spiro atoms. The molecule has 6 aliphatic rings. The molecule has 3 saturated carbocycles. The van der Waals surface area contributed by atoms with E-state index >= 15 is 0 Å². The molecular weight excluding hydrogens is 937 g/mol. The number of nitrogens with zero attached hydrogens (tertiary/aromatic N) is 4. The van der Waals surface area contributed by atoms with Gasteiger partial charge in [-0.3, -0.25) is 24.6 Å². The van der Waals surface area contributed by atoms with Gasteiger partial charge >= 0.3 is 0 Å². The van der Waals surface area contributed by atoms with E-state index in [0.717, 1.165) is 69.9 Å². The number of likely N-dealkylation sites (tertiary alicyclic amines) is 1. The van der Waals surface area contributed by atoms with Crippen LogP contribution in [0.4, 0.5) is 22.9 Å². The minimum absolute atomic E-state index is 0.0220. The van der Waals surface area contributed by atoms with E-state index in [0.29, 0.717) is 54.7 Å². The number of amides is 2. The van der Waals surface area contributed by atoms with E-state index in [1.807, 2.05) is 0 Å². The summed E-state index contributed by atoms with van der Waals surface area (Å²) < 4.78 is 43.1. The van der Waals surface area contributed by atoms with Crippen LogP contribution in [-0.4, -0.2) is 89.1 Å². The Kier molecular flexibility index (Phi) is 12.5. The summed E-state index contributed by atoms with van der Waals surface area (Å²) in [7, 11) is -4.74. The van der Waals surface area contributed by atoms with Gasteiger partial charge in [-0.15, -0.1) is 0 Å². The first kappa shape index (κ1) is 48.1. The number of benzene rings is 3. The number of aromatic amines is 1. The zero-order valence-electron chi connectivity index (χ0n) is 41.1. The van der Waals surface area contributed by atoms with E-state index in [1.54, 1.807) is 37.4 Å². The zero-order chi connectivity index (χ0) is 50.1. The third kappa shape index (κ3) is 9.48. The van der Waals surface area contributed by atoms with Crippen LogP contribution < -0.4 is 29.7 Å². The highest BCUT2D eigenvalue weighted by molar-refractivity contribution is 7.90. The number of aliphatic hydroxyl groups is 1. The van der Waals surface area contributed by atoms with Crippen LogP contribution in [0.3, 0.4) is 0 Å². The molecule has 0 unspecified atom stereocenters. The fraction of sp³-hybridized carbons (Fsp3) is 0.500. The van der Waals surface area contributed by atoms with E-state index in [9.17, 15) is 33.2 Å². The number of nitrogens with one attached hydrogen (secondary N) is 4. The molecule has 2 aromatic heterocycles. The van der Waals surface area contributed by atoms with Gasteiger partial charge in [0.25, 0.3) is 21.6 Å². The lowest BCUT2D eigenvalue weighted by Gasteiger charge is -2.56. The minimum Gasteiger partial charge on any atom is -0.489 e. The van der Waals surface area contributed by atoms with E-state index in [2.05, 4.69) is 73.2 Å². The number of nitro groups is 1. The highest BCUT2D eigenvalue weighted by Gasteiger charge is 2.50. The number of carbonyl (C=O) groups is 2. The van der Waals surface area contributed by atoms with Crippen LogP contribution in [0.25, 0.3) is 11.0 Å². The normalized spacial score (nSPS) is 24.3. The van der Waals surface area contributed by atoms with Crippen molar-refractivity contribution in [3.05, 3.63) is 99.7 Å². The Morgan fingerprint density at radius 3 is 2.46 bits per heavy atom. The first-order valence-electron chi connectivity index (χ1n) is 25.7. The third-order valence-corrected chi connectivity index (χ3v) is 17.9. The average molecular weight is 1000 g/mol. The molecule has 380 valence electrons. The van der Waals surface area contributed by atoms with Gasteiger partial charge in [-0.25, -0.2) is 18.1 Å². The van der Waals surface area contributed by atoms with E-state index < -0.39 is 37.0 Å². The van der Waals surface area contributed by atoms with E-state index in [4.69, 9.17) is 9.47 Å². The summed E-state index contributed by atoms with van der Waals surface area (Å²) in [5.41, 5.74) is 3.14. The standard InChI is InChI=1S/C54H64N8O9S/c1-32(2)39-7-4-5-8-40(39)43-9-6-22-61(43)37-29-54(30-37)19-23-60(24-20-54)36-12-13-41(45(26-36)71-47-25-35-16-21-55-49(35)57-50(47)58-51(63)34-10-11-34)52(64)59-72(68,69)38-27-44(62(66)67)48-46(28-38)70-31-42(56-48)33-14-17-53(3,65)18-15-33/h4-5,7-8,12-13,16,21,25-28,32-34,37,42-43,56,65H,6,9-11,14-15,17-20,22-24,29-31H2,1-3H3,(H,59,64)(H2,55,57,58,63)/t33?,42-,43-,53?/m1/s1. The average Bonchev–Trinajstić information content (AvgIpc) is 3.93. The smallest absolute Gasteiger partial charge is 0.297 e. The lowest BCUT2D eigenvalue weighted by Crippen LogP contribution is -2.54. The summed E-state index contributed by atoms with van der Waals surface area (Å²) in [6.07, 6.45) is 12.5. The molecule has 2 saturated heterocycles. The van der Waals surface area contributed by atoms with Crippen molar-refractivity contribution in [2.24, 2.45) is 17.3 Å². The number of aromatic nitrogens is 2. The molecule has 11 rings (SSSR count). The second-order valence-corrected chi connectivity index (χ2v) is 23.6. The van der Waals surface area contributed by atoms with E-state index in [-0.39, 0.29) is 70.1 Å². The number of sulfonamides is 1. The largest absolute Gasteiger partial charge is 0.489 e. The quantitative estimate of drug-likeness (QED) is 0.0549. The molecule has 72 heavy (non-hydrogen) atoms. The van der Waals surface area contributed by atoms with Crippen LogP contribution in [0.1, 0.15) is 131 Å². The van der Waals surface area contributed by atoms with Crippen LogP contribution in [-0.2, 0) is 14.8 Å². The Morgan fingerprint density at radius 2 is 1.72 bits per heavy atom. The summed E-state index contributed by atoms with van der Waals surface area (Å²) in [4.78, 5) is 51.6. The Labute approximate surface area is 419 Å². The maximum Gasteiger partial charge on any atom is 0.297 e. The fourth-order valence-electron chi connectivity index (χ4n) is 12.2. The number of hydrogen-bond acceptors (Lipinski definition) is 13. The van der Waals surface area contributed by atoms with Gasteiger partial charge in [-0.1, -0.05) is 38.1 Å². The monoisotopic (exact) mass is 1000 g/mol. The Bertz CT molecular complexity index is 3040. The number of nitro benzene ring substituents is 1. The van der Waals surface area contributed by atoms with Gasteiger partial charge in [-0.2, -0.15) is 0 Å². The van der Waals surface area contributed by atoms with Crippen molar-refractivity contribution in [3.63, 3.8) is 0 Å². The summed E-state index contributed by atoms with van der Waals surface area (Å²) in [6.45, 7) is 9.18. The van der Waals surface area contributed by atoms with E-state index in [1.165, 1.54) is 36.1 Å².